The average Bonchev–Trinajstić information content (AvgIpc) is 2.52. The van der Waals surface area contributed by atoms with Crippen LogP contribution in [0, 0.1) is 5.92 Å². The Labute approximate surface area is 131 Å². The van der Waals surface area contributed by atoms with Crippen LogP contribution in [-0.2, 0) is 16.1 Å². The second-order valence-electron chi connectivity index (χ2n) is 5.51. The molecule has 0 aliphatic carbocycles. The number of carbonyl (C=O) groups excluding carboxylic acids is 1. The van der Waals surface area contributed by atoms with Gasteiger partial charge in [0.1, 0.15) is 0 Å². The van der Waals surface area contributed by atoms with E-state index in [1.807, 2.05) is 37.3 Å². The summed E-state index contributed by atoms with van der Waals surface area (Å²) in [4.78, 5) is 24.8. The predicted octanol–water partition coefficient (Wildman–Crippen LogP) is 2.29. The monoisotopic (exact) mass is 307 g/mol. The van der Waals surface area contributed by atoms with Gasteiger partial charge in [0.15, 0.2) is 0 Å². The van der Waals surface area contributed by atoms with Crippen molar-refractivity contribution < 1.29 is 19.8 Å². The highest BCUT2D eigenvalue weighted by molar-refractivity contribution is 5.79. The summed E-state index contributed by atoms with van der Waals surface area (Å²) in [5.74, 6) is -1.49. The summed E-state index contributed by atoms with van der Waals surface area (Å²) in [7, 11) is 0. The van der Waals surface area contributed by atoms with Crippen LogP contribution in [0.3, 0.4) is 0 Å². The fourth-order valence-corrected chi connectivity index (χ4v) is 2.30. The number of hydrogen-bond donors (Lipinski definition) is 2. The first-order valence-corrected chi connectivity index (χ1v) is 7.68. The van der Waals surface area contributed by atoms with E-state index in [0.717, 1.165) is 5.56 Å². The zero-order chi connectivity index (χ0) is 16.5. The molecule has 1 aromatic carbocycles. The molecule has 122 valence electrons. The van der Waals surface area contributed by atoms with Gasteiger partial charge in [-0.1, -0.05) is 44.2 Å². The van der Waals surface area contributed by atoms with Gasteiger partial charge < -0.3 is 15.1 Å². The van der Waals surface area contributed by atoms with Crippen LogP contribution < -0.4 is 0 Å². The van der Waals surface area contributed by atoms with E-state index in [2.05, 4.69) is 0 Å². The molecule has 22 heavy (non-hydrogen) atoms. The van der Waals surface area contributed by atoms with Crippen LogP contribution in [0.4, 0.5) is 0 Å². The van der Waals surface area contributed by atoms with E-state index in [9.17, 15) is 14.7 Å². The summed E-state index contributed by atoms with van der Waals surface area (Å²) >= 11 is 0. The third-order valence-corrected chi connectivity index (χ3v) is 3.73. The minimum atomic E-state index is -0.867. The molecule has 0 saturated carbocycles. The van der Waals surface area contributed by atoms with Crippen LogP contribution in [0.2, 0.25) is 0 Å². The zero-order valence-electron chi connectivity index (χ0n) is 13.2. The maximum absolute atomic E-state index is 12.5. The highest BCUT2D eigenvalue weighted by Gasteiger charge is 2.25. The third kappa shape index (κ3) is 5.85. The standard InChI is InChI=1S/C17H25NO4/c1-3-15(19)13(2)17(22)18(11-7-10-16(20)21)12-14-8-5-4-6-9-14/h4-6,8-9,13,15,19H,3,7,10-12H2,1-2H3,(H,20,21)/t13-,15+/m0/s1. The Hall–Kier alpha value is -1.88. The van der Waals surface area contributed by atoms with Gasteiger partial charge in [-0.2, -0.15) is 0 Å². The molecule has 0 heterocycles. The lowest BCUT2D eigenvalue weighted by Gasteiger charge is -2.27. The number of aliphatic hydroxyl groups is 1. The van der Waals surface area contributed by atoms with Crippen LogP contribution in [0.15, 0.2) is 30.3 Å². The summed E-state index contributed by atoms with van der Waals surface area (Å²) in [6.07, 6.45) is 0.276. The van der Waals surface area contributed by atoms with Gasteiger partial charge in [-0.3, -0.25) is 9.59 Å². The molecule has 2 N–H and O–H groups in total. The summed E-state index contributed by atoms with van der Waals surface area (Å²) in [5, 5.41) is 18.6. The van der Waals surface area contributed by atoms with Gasteiger partial charge >= 0.3 is 5.97 Å². The van der Waals surface area contributed by atoms with Gasteiger partial charge in [0, 0.05) is 19.5 Å². The topological polar surface area (TPSA) is 77.8 Å². The molecule has 1 amide bonds. The molecule has 1 rings (SSSR count). The Balaban J connectivity index is 2.76. The van der Waals surface area contributed by atoms with E-state index in [1.165, 1.54) is 0 Å². The molecule has 0 aromatic heterocycles. The normalized spacial score (nSPS) is 13.4. The van der Waals surface area contributed by atoms with E-state index in [1.54, 1.807) is 11.8 Å². The van der Waals surface area contributed by atoms with E-state index in [4.69, 9.17) is 5.11 Å². The molecule has 1 aromatic rings. The van der Waals surface area contributed by atoms with Crippen molar-refractivity contribution in [1.29, 1.82) is 0 Å². The number of hydrogen-bond acceptors (Lipinski definition) is 3. The highest BCUT2D eigenvalue weighted by Crippen LogP contribution is 2.14. The highest BCUT2D eigenvalue weighted by atomic mass is 16.4. The van der Waals surface area contributed by atoms with Crippen LogP contribution in [0.1, 0.15) is 38.7 Å². The molecular formula is C17H25NO4. The number of rotatable bonds is 9. The first-order valence-electron chi connectivity index (χ1n) is 7.68. The van der Waals surface area contributed by atoms with Gasteiger partial charge in [0.25, 0.3) is 0 Å². The Morgan fingerprint density at radius 2 is 1.86 bits per heavy atom. The largest absolute Gasteiger partial charge is 0.481 e. The Morgan fingerprint density at radius 1 is 1.23 bits per heavy atom. The van der Waals surface area contributed by atoms with Crippen molar-refractivity contribution in [2.75, 3.05) is 6.54 Å². The van der Waals surface area contributed by atoms with Crippen LogP contribution in [0.25, 0.3) is 0 Å². The molecular weight excluding hydrogens is 282 g/mol. The summed E-state index contributed by atoms with van der Waals surface area (Å²) in [6, 6.07) is 9.57. The van der Waals surface area contributed by atoms with Crippen molar-refractivity contribution in [2.24, 2.45) is 5.92 Å². The number of carbonyl (C=O) groups is 2. The maximum atomic E-state index is 12.5. The molecule has 5 heteroatoms. The molecule has 0 bridgehead atoms. The van der Waals surface area contributed by atoms with Gasteiger partial charge in [-0.25, -0.2) is 0 Å². The lowest BCUT2D eigenvalue weighted by atomic mass is 10.0. The third-order valence-electron chi connectivity index (χ3n) is 3.73. The van der Waals surface area contributed by atoms with Gasteiger partial charge in [-0.15, -0.1) is 0 Å². The second-order valence-corrected chi connectivity index (χ2v) is 5.51. The predicted molar refractivity (Wildman–Crippen MR) is 84.2 cm³/mol. The molecule has 0 spiro atoms. The molecule has 0 aliphatic heterocycles. The van der Waals surface area contributed by atoms with E-state index < -0.39 is 18.0 Å². The molecule has 2 atom stereocenters. The molecule has 0 fully saturated rings. The van der Waals surface area contributed by atoms with Crippen molar-refractivity contribution in [3.63, 3.8) is 0 Å². The molecule has 0 saturated heterocycles. The Morgan fingerprint density at radius 3 is 2.41 bits per heavy atom. The first-order chi connectivity index (χ1) is 10.5. The van der Waals surface area contributed by atoms with Gasteiger partial charge in [0.2, 0.25) is 5.91 Å². The number of nitrogens with zero attached hydrogens (tertiary/aromatic N) is 1. The zero-order valence-corrected chi connectivity index (χ0v) is 13.2. The number of aliphatic hydroxyl groups excluding tert-OH is 1. The van der Waals surface area contributed by atoms with Crippen LogP contribution in [-0.4, -0.2) is 39.6 Å². The summed E-state index contributed by atoms with van der Waals surface area (Å²) in [5.41, 5.74) is 0.990. The quantitative estimate of drug-likeness (QED) is 0.734. The Bertz CT molecular complexity index is 475. The van der Waals surface area contributed by atoms with Crippen molar-refractivity contribution in [3.05, 3.63) is 35.9 Å². The van der Waals surface area contributed by atoms with Crippen molar-refractivity contribution in [3.8, 4) is 0 Å². The van der Waals surface area contributed by atoms with Gasteiger partial charge in [-0.05, 0) is 18.4 Å². The fourth-order valence-electron chi connectivity index (χ4n) is 2.30. The Kier molecular flexibility index (Phi) is 7.60. The smallest absolute Gasteiger partial charge is 0.303 e. The lowest BCUT2D eigenvalue weighted by Crippen LogP contribution is -2.40. The molecule has 0 unspecified atom stereocenters. The number of carboxylic acids is 1. The molecule has 5 nitrogen and oxygen atoms in total. The van der Waals surface area contributed by atoms with E-state index in [-0.39, 0.29) is 12.3 Å². The maximum Gasteiger partial charge on any atom is 0.303 e. The molecule has 0 radical (unpaired) electrons. The van der Waals surface area contributed by atoms with E-state index >= 15 is 0 Å². The average molecular weight is 307 g/mol. The summed E-state index contributed by atoms with van der Waals surface area (Å²) in [6.45, 7) is 4.35. The van der Waals surface area contributed by atoms with Crippen molar-refractivity contribution in [2.45, 2.75) is 45.8 Å². The number of carboxylic acid groups (broad SMARTS) is 1. The lowest BCUT2D eigenvalue weighted by molar-refractivity contribution is -0.141. The molecule has 0 aliphatic rings. The van der Waals surface area contributed by atoms with Crippen molar-refractivity contribution >= 4 is 11.9 Å². The second kappa shape index (κ2) is 9.20. The fraction of sp³-hybridized carbons (Fsp3) is 0.529. The van der Waals surface area contributed by atoms with E-state index in [0.29, 0.717) is 25.9 Å². The minimum absolute atomic E-state index is 0.0310. The number of amides is 1. The number of benzene rings is 1. The first kappa shape index (κ1) is 18.2. The van der Waals surface area contributed by atoms with Gasteiger partial charge in [0.05, 0.1) is 12.0 Å². The van der Waals surface area contributed by atoms with Crippen LogP contribution >= 0.6 is 0 Å². The minimum Gasteiger partial charge on any atom is -0.481 e. The van der Waals surface area contributed by atoms with Crippen LogP contribution in [0.5, 0.6) is 0 Å². The SMILES string of the molecule is CC[C@@H](O)[C@H](C)C(=O)N(CCCC(=O)O)Cc1ccccc1. The number of aliphatic carboxylic acids is 1. The summed E-state index contributed by atoms with van der Waals surface area (Å²) < 4.78 is 0. The van der Waals surface area contributed by atoms with Crippen molar-refractivity contribution in [1.82, 2.24) is 4.90 Å².